The van der Waals surface area contributed by atoms with Crippen LogP contribution in [0.4, 0.5) is 0 Å². The highest BCUT2D eigenvalue weighted by atomic mass is 35.5. The van der Waals surface area contributed by atoms with E-state index < -0.39 is 5.97 Å². The Bertz CT molecular complexity index is 809. The number of aromatic hydroxyl groups is 1. The van der Waals surface area contributed by atoms with Gasteiger partial charge in [0.15, 0.2) is 10.6 Å². The molecule has 102 valence electrons. The average molecular weight is 309 g/mol. The highest BCUT2D eigenvalue weighted by Gasteiger charge is 2.23. The molecule has 0 saturated heterocycles. The van der Waals surface area contributed by atoms with Gasteiger partial charge in [0.1, 0.15) is 16.4 Å². The van der Waals surface area contributed by atoms with Crippen molar-refractivity contribution in [2.75, 3.05) is 7.11 Å². The fraction of sp³-hybridized carbons (Fsp3) is 0.0769. The van der Waals surface area contributed by atoms with Gasteiger partial charge in [0.05, 0.1) is 18.1 Å². The molecule has 0 bridgehead atoms. The molecule has 0 fully saturated rings. The number of carbonyl (C=O) groups excluding carboxylic acids is 1. The number of thiophene rings is 1. The third-order valence-corrected chi connectivity index (χ3v) is 4.48. The molecule has 2 heterocycles. The Kier molecular flexibility index (Phi) is 3.11. The van der Waals surface area contributed by atoms with Crippen molar-refractivity contribution in [3.8, 4) is 10.8 Å². The predicted molar refractivity (Wildman–Crippen MR) is 77.0 cm³/mol. The minimum atomic E-state index is -0.620. The van der Waals surface area contributed by atoms with E-state index in [4.69, 9.17) is 11.6 Å². The fourth-order valence-corrected chi connectivity index (χ4v) is 3.24. The van der Waals surface area contributed by atoms with E-state index in [2.05, 4.69) is 9.72 Å². The summed E-state index contributed by atoms with van der Waals surface area (Å²) in [6, 6.07) is 7.51. The smallest absolute Gasteiger partial charge is 0.352 e. The molecule has 0 unspecified atom stereocenters. The van der Waals surface area contributed by atoms with Crippen LogP contribution in [-0.2, 0) is 4.74 Å². The number of carbonyl (C=O) groups is 1. The summed E-state index contributed by atoms with van der Waals surface area (Å²) in [5.41, 5.74) is 1.64. The minimum absolute atomic E-state index is 0.0743. The first-order valence-corrected chi connectivity index (χ1v) is 6.85. The van der Waals surface area contributed by atoms with Crippen molar-refractivity contribution in [1.29, 1.82) is 0 Å². The van der Waals surface area contributed by atoms with Gasteiger partial charge >= 0.3 is 5.97 Å². The van der Waals surface area contributed by atoms with Crippen molar-refractivity contribution in [2.45, 2.75) is 0 Å². The Morgan fingerprint density at radius 3 is 2.95 bits per heavy atom. The molecule has 1 aromatic carbocycles. The number of imidazole rings is 1. The monoisotopic (exact) mass is 308 g/mol. The van der Waals surface area contributed by atoms with Crippen LogP contribution in [0.25, 0.3) is 16.0 Å². The largest absolute Gasteiger partial charge is 0.505 e. The summed E-state index contributed by atoms with van der Waals surface area (Å²) in [7, 11) is 1.25. The lowest BCUT2D eigenvalue weighted by atomic mass is 10.3. The number of fused-ring (bicyclic) bond motifs is 1. The number of esters is 1. The molecule has 0 radical (unpaired) electrons. The maximum absolute atomic E-state index is 11.6. The molecule has 7 heteroatoms. The molecule has 0 aliphatic carbocycles. The lowest BCUT2D eigenvalue weighted by Gasteiger charge is -2.00. The maximum atomic E-state index is 11.6. The van der Waals surface area contributed by atoms with Gasteiger partial charge in [-0.3, -0.25) is 4.57 Å². The van der Waals surface area contributed by atoms with Gasteiger partial charge in [-0.1, -0.05) is 23.7 Å². The van der Waals surface area contributed by atoms with E-state index in [-0.39, 0.29) is 15.6 Å². The van der Waals surface area contributed by atoms with E-state index >= 15 is 0 Å². The van der Waals surface area contributed by atoms with Crippen LogP contribution in [0.2, 0.25) is 5.02 Å². The zero-order valence-electron chi connectivity index (χ0n) is 10.3. The number of rotatable bonds is 2. The van der Waals surface area contributed by atoms with Gasteiger partial charge in [-0.05, 0) is 12.1 Å². The SMILES string of the molecule is COC(=O)c1sc(-n2cnc3ccccc32)c(Cl)c1O. The molecule has 3 rings (SSSR count). The average Bonchev–Trinajstić information content (AvgIpc) is 3.01. The van der Waals surface area contributed by atoms with Gasteiger partial charge in [0.2, 0.25) is 0 Å². The number of hydrogen-bond acceptors (Lipinski definition) is 5. The van der Waals surface area contributed by atoms with Crippen molar-refractivity contribution in [3.63, 3.8) is 0 Å². The van der Waals surface area contributed by atoms with Crippen LogP contribution in [0, 0.1) is 0 Å². The van der Waals surface area contributed by atoms with Gasteiger partial charge in [-0.25, -0.2) is 9.78 Å². The molecular formula is C13H9ClN2O3S. The van der Waals surface area contributed by atoms with Crippen LogP contribution in [0.5, 0.6) is 5.75 Å². The third kappa shape index (κ3) is 1.85. The number of hydrogen-bond donors (Lipinski definition) is 1. The quantitative estimate of drug-likeness (QED) is 0.738. The molecule has 3 aromatic rings. The second-order valence-corrected chi connectivity index (χ2v) is 5.37. The van der Waals surface area contributed by atoms with Gasteiger partial charge in [0, 0.05) is 0 Å². The predicted octanol–water partition coefficient (Wildman–Crippen LogP) is 3.23. The molecule has 20 heavy (non-hydrogen) atoms. The summed E-state index contributed by atoms with van der Waals surface area (Å²) in [4.78, 5) is 15.9. The minimum Gasteiger partial charge on any atom is -0.505 e. The topological polar surface area (TPSA) is 64.4 Å². The zero-order chi connectivity index (χ0) is 14.3. The van der Waals surface area contributed by atoms with Gasteiger partial charge < -0.3 is 9.84 Å². The van der Waals surface area contributed by atoms with E-state index in [1.165, 1.54) is 7.11 Å². The standard InChI is InChI=1S/C13H9ClN2O3S/c1-19-13(18)11-10(17)9(14)12(20-11)16-6-15-7-4-2-3-5-8(7)16/h2-6,17H,1H3. The summed E-state index contributed by atoms with van der Waals surface area (Å²) >= 11 is 7.17. The summed E-state index contributed by atoms with van der Waals surface area (Å²) in [5, 5.41) is 10.6. The van der Waals surface area contributed by atoms with E-state index in [0.717, 1.165) is 22.4 Å². The Morgan fingerprint density at radius 1 is 1.45 bits per heavy atom. The lowest BCUT2D eigenvalue weighted by Crippen LogP contribution is -1.97. The Hall–Kier alpha value is -2.05. The van der Waals surface area contributed by atoms with Gasteiger partial charge in [-0.2, -0.15) is 0 Å². The Balaban J connectivity index is 2.22. The molecule has 5 nitrogen and oxygen atoms in total. The van der Waals surface area contributed by atoms with E-state index in [0.29, 0.717) is 5.00 Å². The number of nitrogens with zero attached hydrogens (tertiary/aromatic N) is 2. The molecule has 0 aliphatic rings. The normalized spacial score (nSPS) is 10.9. The highest BCUT2D eigenvalue weighted by molar-refractivity contribution is 7.17. The van der Waals surface area contributed by atoms with E-state index in [9.17, 15) is 9.90 Å². The van der Waals surface area contributed by atoms with Crippen LogP contribution in [0.15, 0.2) is 30.6 Å². The number of para-hydroxylation sites is 2. The Morgan fingerprint density at radius 2 is 2.20 bits per heavy atom. The number of ether oxygens (including phenoxy) is 1. The molecule has 0 spiro atoms. The number of benzene rings is 1. The van der Waals surface area contributed by atoms with E-state index in [1.54, 1.807) is 10.9 Å². The number of methoxy groups -OCH3 is 1. The van der Waals surface area contributed by atoms with Crippen molar-refractivity contribution in [2.24, 2.45) is 0 Å². The zero-order valence-corrected chi connectivity index (χ0v) is 11.9. The second kappa shape index (κ2) is 4.81. The molecule has 0 saturated carbocycles. The van der Waals surface area contributed by atoms with Crippen molar-refractivity contribution >= 4 is 39.9 Å². The Labute approximate surface area is 123 Å². The summed E-state index contributed by atoms with van der Waals surface area (Å²) in [6.07, 6.45) is 1.60. The first kappa shape index (κ1) is 13.0. The summed E-state index contributed by atoms with van der Waals surface area (Å²) in [5.74, 6) is -0.888. The van der Waals surface area contributed by atoms with Crippen molar-refractivity contribution in [1.82, 2.24) is 9.55 Å². The van der Waals surface area contributed by atoms with Crippen LogP contribution in [0.1, 0.15) is 9.67 Å². The fourth-order valence-electron chi connectivity index (χ4n) is 1.90. The maximum Gasteiger partial charge on any atom is 0.352 e. The summed E-state index contributed by atoms with van der Waals surface area (Å²) < 4.78 is 6.35. The third-order valence-electron chi connectivity index (χ3n) is 2.85. The van der Waals surface area contributed by atoms with Crippen LogP contribution in [-0.4, -0.2) is 27.7 Å². The highest BCUT2D eigenvalue weighted by Crippen LogP contribution is 2.42. The second-order valence-electron chi connectivity index (χ2n) is 3.99. The van der Waals surface area contributed by atoms with E-state index in [1.807, 2.05) is 24.3 Å². The molecule has 0 amide bonds. The number of halogens is 1. The molecule has 0 aliphatic heterocycles. The van der Waals surface area contributed by atoms with Crippen molar-refractivity contribution in [3.05, 3.63) is 40.5 Å². The molecular weight excluding hydrogens is 300 g/mol. The number of aromatic nitrogens is 2. The van der Waals surface area contributed by atoms with Crippen LogP contribution >= 0.6 is 22.9 Å². The van der Waals surface area contributed by atoms with Crippen LogP contribution < -0.4 is 0 Å². The first-order chi connectivity index (χ1) is 9.63. The molecule has 1 N–H and O–H groups in total. The molecule has 0 atom stereocenters. The summed E-state index contributed by atoms with van der Waals surface area (Å²) in [6.45, 7) is 0. The molecule has 2 aromatic heterocycles. The van der Waals surface area contributed by atoms with Gasteiger partial charge in [0.25, 0.3) is 0 Å². The van der Waals surface area contributed by atoms with Crippen molar-refractivity contribution < 1.29 is 14.6 Å². The lowest BCUT2D eigenvalue weighted by molar-refractivity contribution is 0.0603. The first-order valence-electron chi connectivity index (χ1n) is 5.65. The van der Waals surface area contributed by atoms with Gasteiger partial charge in [-0.15, -0.1) is 11.3 Å². The van der Waals surface area contributed by atoms with Crippen LogP contribution in [0.3, 0.4) is 0 Å².